The maximum atomic E-state index is 13.8. The van der Waals surface area contributed by atoms with E-state index in [1.54, 1.807) is 17.5 Å². The summed E-state index contributed by atoms with van der Waals surface area (Å²) in [7, 11) is 1.42. The number of benzene rings is 1. The first-order valence-electron chi connectivity index (χ1n) is 7.56. The summed E-state index contributed by atoms with van der Waals surface area (Å²) in [5, 5.41) is 8.26. The number of aromatic nitrogens is 1. The lowest BCUT2D eigenvalue weighted by molar-refractivity contribution is -0.117. The van der Waals surface area contributed by atoms with Gasteiger partial charge in [0.1, 0.15) is 0 Å². The average molecular weight is 351 g/mol. The second-order valence-electron chi connectivity index (χ2n) is 5.37. The summed E-state index contributed by atoms with van der Waals surface area (Å²) in [4.78, 5) is 16.4. The van der Waals surface area contributed by atoms with Crippen molar-refractivity contribution < 1.29 is 18.7 Å². The second-order valence-corrected chi connectivity index (χ2v) is 6.22. The molecule has 1 aliphatic heterocycles. The Morgan fingerprint density at radius 2 is 2.46 bits per heavy atom. The van der Waals surface area contributed by atoms with E-state index in [2.05, 4.69) is 15.6 Å². The first kappa shape index (κ1) is 16.8. The number of halogens is 1. The molecule has 1 saturated heterocycles. The molecule has 128 valence electrons. The highest BCUT2D eigenvalue weighted by atomic mass is 32.1. The molecule has 8 heteroatoms. The number of carbonyl (C=O) groups excluding carboxylic acids is 1. The van der Waals surface area contributed by atoms with E-state index in [-0.39, 0.29) is 17.7 Å². The smallest absolute Gasteiger partial charge is 0.227 e. The quantitative estimate of drug-likeness (QED) is 0.865. The predicted octanol–water partition coefficient (Wildman–Crippen LogP) is 2.27. The Balaban J connectivity index is 1.62. The number of nitrogens with zero attached hydrogens (tertiary/aromatic N) is 1. The van der Waals surface area contributed by atoms with Gasteiger partial charge in [0, 0.05) is 30.0 Å². The van der Waals surface area contributed by atoms with E-state index in [0.29, 0.717) is 36.0 Å². The topological polar surface area (TPSA) is 72.5 Å². The molecule has 1 aromatic heterocycles. The summed E-state index contributed by atoms with van der Waals surface area (Å²) in [6.45, 7) is 1.95. The number of carbonyl (C=O) groups is 1. The van der Waals surface area contributed by atoms with Crippen LogP contribution in [-0.4, -0.2) is 43.8 Å². The number of hydrogen-bond donors (Lipinski definition) is 2. The second kappa shape index (κ2) is 7.69. The van der Waals surface area contributed by atoms with Gasteiger partial charge in [-0.3, -0.25) is 4.79 Å². The number of rotatable bonds is 5. The van der Waals surface area contributed by atoms with E-state index in [1.807, 2.05) is 0 Å². The fraction of sp³-hybridized carbons (Fsp3) is 0.375. The molecule has 1 aromatic carbocycles. The maximum absolute atomic E-state index is 13.8. The van der Waals surface area contributed by atoms with Crippen molar-refractivity contribution in [2.24, 2.45) is 0 Å². The lowest BCUT2D eigenvalue weighted by atomic mass is 10.1. The molecule has 0 saturated carbocycles. The molecule has 0 spiro atoms. The van der Waals surface area contributed by atoms with Crippen LogP contribution in [0.25, 0.3) is 11.3 Å². The molecular formula is C16H18FN3O3S. The number of nitrogens with one attached hydrogen (secondary N) is 2. The minimum Gasteiger partial charge on any atom is -0.494 e. The molecule has 1 amide bonds. The van der Waals surface area contributed by atoms with E-state index < -0.39 is 5.82 Å². The normalized spacial score (nSPS) is 17.5. The summed E-state index contributed by atoms with van der Waals surface area (Å²) >= 11 is 1.30. The van der Waals surface area contributed by atoms with Crippen LogP contribution in [0, 0.1) is 5.82 Å². The van der Waals surface area contributed by atoms with Crippen LogP contribution in [0.4, 0.5) is 9.52 Å². The van der Waals surface area contributed by atoms with E-state index in [0.717, 1.165) is 6.54 Å². The number of morpholine rings is 1. The highest BCUT2D eigenvalue weighted by Gasteiger charge is 2.18. The molecule has 2 aromatic rings. The lowest BCUT2D eigenvalue weighted by Gasteiger charge is -2.22. The summed E-state index contributed by atoms with van der Waals surface area (Å²) in [6.07, 6.45) is 0.325. The molecule has 24 heavy (non-hydrogen) atoms. The van der Waals surface area contributed by atoms with Crippen LogP contribution < -0.4 is 15.4 Å². The minimum absolute atomic E-state index is 0.0221. The molecule has 1 aliphatic rings. The number of ether oxygens (including phenoxy) is 2. The molecule has 1 unspecified atom stereocenters. The SMILES string of the molecule is COc1ccc(-c2csc(NC(=O)CC3COCCN3)n2)cc1F. The number of thiazole rings is 1. The third kappa shape index (κ3) is 4.08. The Hall–Kier alpha value is -2.03. The van der Waals surface area contributed by atoms with Crippen molar-refractivity contribution in [3.05, 3.63) is 29.4 Å². The Kier molecular flexibility index (Phi) is 5.39. The van der Waals surface area contributed by atoms with Gasteiger partial charge in [-0.05, 0) is 18.2 Å². The van der Waals surface area contributed by atoms with Crippen LogP contribution in [0.5, 0.6) is 5.75 Å². The van der Waals surface area contributed by atoms with Gasteiger partial charge in [-0.1, -0.05) is 0 Å². The molecular weight excluding hydrogens is 333 g/mol. The van der Waals surface area contributed by atoms with Gasteiger partial charge in [-0.15, -0.1) is 11.3 Å². The highest BCUT2D eigenvalue weighted by molar-refractivity contribution is 7.14. The van der Waals surface area contributed by atoms with Gasteiger partial charge in [0.2, 0.25) is 5.91 Å². The standard InChI is InChI=1S/C16H18FN3O3S/c1-22-14-3-2-10(6-12(14)17)13-9-24-16(19-13)20-15(21)7-11-8-23-5-4-18-11/h2-3,6,9,11,18H,4-5,7-8H2,1H3,(H,19,20,21). The molecule has 0 radical (unpaired) electrons. The maximum Gasteiger partial charge on any atom is 0.227 e. The summed E-state index contributed by atoms with van der Waals surface area (Å²) in [6, 6.07) is 4.67. The van der Waals surface area contributed by atoms with Crippen molar-refractivity contribution in [1.29, 1.82) is 0 Å². The monoisotopic (exact) mass is 351 g/mol. The minimum atomic E-state index is -0.447. The third-order valence-electron chi connectivity index (χ3n) is 3.63. The van der Waals surface area contributed by atoms with E-state index in [9.17, 15) is 9.18 Å². The van der Waals surface area contributed by atoms with Crippen LogP contribution in [0.3, 0.4) is 0 Å². The van der Waals surface area contributed by atoms with Crippen LogP contribution in [0.2, 0.25) is 0 Å². The van der Waals surface area contributed by atoms with Crippen molar-refractivity contribution >= 4 is 22.4 Å². The zero-order valence-corrected chi connectivity index (χ0v) is 14.0. The Morgan fingerprint density at radius 1 is 1.58 bits per heavy atom. The lowest BCUT2D eigenvalue weighted by Crippen LogP contribution is -2.43. The van der Waals surface area contributed by atoms with Crippen molar-refractivity contribution in [3.63, 3.8) is 0 Å². The van der Waals surface area contributed by atoms with Crippen LogP contribution in [-0.2, 0) is 9.53 Å². The van der Waals surface area contributed by atoms with Crippen molar-refractivity contribution in [2.75, 3.05) is 32.2 Å². The van der Waals surface area contributed by atoms with E-state index >= 15 is 0 Å². The third-order valence-corrected chi connectivity index (χ3v) is 4.39. The van der Waals surface area contributed by atoms with E-state index in [4.69, 9.17) is 9.47 Å². The molecule has 2 N–H and O–H groups in total. The molecule has 2 heterocycles. The van der Waals surface area contributed by atoms with Crippen molar-refractivity contribution in [1.82, 2.24) is 10.3 Å². The fourth-order valence-corrected chi connectivity index (χ4v) is 3.17. The van der Waals surface area contributed by atoms with Gasteiger partial charge in [0.05, 0.1) is 26.0 Å². The number of methoxy groups -OCH3 is 1. The van der Waals surface area contributed by atoms with Crippen molar-refractivity contribution in [2.45, 2.75) is 12.5 Å². The summed E-state index contributed by atoms with van der Waals surface area (Å²) < 4.78 is 24.0. The predicted molar refractivity (Wildman–Crippen MR) is 89.9 cm³/mol. The zero-order valence-electron chi connectivity index (χ0n) is 13.2. The largest absolute Gasteiger partial charge is 0.494 e. The Labute approximate surface area is 143 Å². The van der Waals surface area contributed by atoms with Gasteiger partial charge in [0.25, 0.3) is 0 Å². The molecule has 3 rings (SSSR count). The first-order valence-corrected chi connectivity index (χ1v) is 8.44. The van der Waals surface area contributed by atoms with Gasteiger partial charge >= 0.3 is 0 Å². The molecule has 1 atom stereocenters. The molecule has 6 nitrogen and oxygen atoms in total. The Bertz CT molecular complexity index is 716. The van der Waals surface area contributed by atoms with Gasteiger partial charge in [0.15, 0.2) is 16.7 Å². The zero-order chi connectivity index (χ0) is 16.9. The number of amides is 1. The van der Waals surface area contributed by atoms with Crippen LogP contribution in [0.15, 0.2) is 23.6 Å². The molecule has 1 fully saturated rings. The van der Waals surface area contributed by atoms with Crippen molar-refractivity contribution in [3.8, 4) is 17.0 Å². The highest BCUT2D eigenvalue weighted by Crippen LogP contribution is 2.28. The van der Waals surface area contributed by atoms with Gasteiger partial charge < -0.3 is 20.1 Å². The summed E-state index contributed by atoms with van der Waals surface area (Å²) in [5.41, 5.74) is 1.24. The Morgan fingerprint density at radius 3 is 3.17 bits per heavy atom. The molecule has 0 bridgehead atoms. The average Bonchev–Trinajstić information content (AvgIpc) is 3.04. The number of hydrogen-bond acceptors (Lipinski definition) is 6. The van der Waals surface area contributed by atoms with Gasteiger partial charge in [-0.2, -0.15) is 0 Å². The van der Waals surface area contributed by atoms with E-state index in [1.165, 1.54) is 24.5 Å². The number of anilines is 1. The van der Waals surface area contributed by atoms with Crippen LogP contribution in [0.1, 0.15) is 6.42 Å². The first-order chi connectivity index (χ1) is 11.7. The molecule has 0 aliphatic carbocycles. The van der Waals surface area contributed by atoms with Crippen LogP contribution >= 0.6 is 11.3 Å². The van der Waals surface area contributed by atoms with Gasteiger partial charge in [-0.25, -0.2) is 9.37 Å². The summed E-state index contributed by atoms with van der Waals surface area (Å²) in [5.74, 6) is -0.388. The fourth-order valence-electron chi connectivity index (χ4n) is 2.43.